The van der Waals surface area contributed by atoms with Gasteiger partial charge in [-0.1, -0.05) is 76.2 Å². The van der Waals surface area contributed by atoms with E-state index in [0.717, 1.165) is 27.3 Å². The lowest BCUT2D eigenvalue weighted by Crippen LogP contribution is -2.45. The molecule has 0 spiro atoms. The van der Waals surface area contributed by atoms with Gasteiger partial charge in [-0.3, -0.25) is 4.79 Å². The molecule has 0 radical (unpaired) electrons. The van der Waals surface area contributed by atoms with E-state index >= 15 is 0 Å². The van der Waals surface area contributed by atoms with Crippen LogP contribution < -0.4 is 5.32 Å². The van der Waals surface area contributed by atoms with Gasteiger partial charge in [0.25, 0.3) is 0 Å². The molecule has 2 aromatic carbocycles. The third-order valence-corrected chi connectivity index (χ3v) is 7.66. The number of rotatable bonds is 12. The van der Waals surface area contributed by atoms with Gasteiger partial charge in [-0.15, -0.1) is 11.3 Å². The second-order valence-electron chi connectivity index (χ2n) is 10.2. The van der Waals surface area contributed by atoms with E-state index in [2.05, 4.69) is 58.1 Å². The van der Waals surface area contributed by atoms with Gasteiger partial charge in [-0.05, 0) is 52.5 Å². The van der Waals surface area contributed by atoms with Crippen LogP contribution in [-0.2, 0) is 22.6 Å². The minimum absolute atomic E-state index is 0.0344. The lowest BCUT2D eigenvalue weighted by Gasteiger charge is -2.29. The molecule has 38 heavy (non-hydrogen) atoms. The highest BCUT2D eigenvalue weighted by atomic mass is 32.1. The second-order valence-corrected chi connectivity index (χ2v) is 11.2. The predicted molar refractivity (Wildman–Crippen MR) is 157 cm³/mol. The minimum atomic E-state index is -0.294. The summed E-state index contributed by atoms with van der Waals surface area (Å²) in [6.45, 7) is 12.1. The molecule has 1 N–H and O–H groups in total. The Kier molecular flexibility index (Phi) is 10.9. The number of hydrogen-bond acceptors (Lipinski definition) is 4. The molecule has 0 aliphatic carbocycles. The molecule has 0 saturated heterocycles. The highest BCUT2D eigenvalue weighted by molar-refractivity contribution is 7.10. The molecular formula is C31H41N3O3S. The zero-order valence-electron chi connectivity index (χ0n) is 23.5. The molecule has 1 heterocycles. The number of aryl methyl sites for hydroxylation is 1. The zero-order valence-corrected chi connectivity index (χ0v) is 24.3. The summed E-state index contributed by atoms with van der Waals surface area (Å²) in [5.74, 6) is 0.385. The average Bonchev–Trinajstić information content (AvgIpc) is 3.30. The van der Waals surface area contributed by atoms with E-state index in [9.17, 15) is 9.59 Å². The van der Waals surface area contributed by atoms with Crippen LogP contribution in [0.2, 0.25) is 0 Å². The molecule has 0 unspecified atom stereocenters. The van der Waals surface area contributed by atoms with Crippen molar-refractivity contribution >= 4 is 29.0 Å². The summed E-state index contributed by atoms with van der Waals surface area (Å²) in [6.07, 6.45) is 0. The van der Waals surface area contributed by atoms with E-state index in [1.165, 1.54) is 5.56 Å². The van der Waals surface area contributed by atoms with Crippen molar-refractivity contribution in [2.75, 3.05) is 32.1 Å². The first-order valence-electron chi connectivity index (χ1n) is 13.2. The minimum Gasteiger partial charge on any atom is -0.383 e. The lowest BCUT2D eigenvalue weighted by molar-refractivity contribution is -0.133. The van der Waals surface area contributed by atoms with Crippen LogP contribution in [0, 0.1) is 6.92 Å². The molecule has 6 nitrogen and oxygen atoms in total. The number of nitrogens with one attached hydrogen (secondary N) is 1. The first-order valence-corrected chi connectivity index (χ1v) is 14.1. The number of carbonyl (C=O) groups excluding carboxylic acids is 2. The van der Waals surface area contributed by atoms with E-state index in [0.29, 0.717) is 26.2 Å². The maximum absolute atomic E-state index is 13.7. The predicted octanol–water partition coefficient (Wildman–Crippen LogP) is 7.01. The molecule has 3 rings (SSSR count). The fraction of sp³-hybridized carbons (Fsp3) is 0.419. The molecule has 0 aliphatic heterocycles. The number of hydrogen-bond donors (Lipinski definition) is 1. The summed E-state index contributed by atoms with van der Waals surface area (Å²) in [7, 11) is 1.60. The van der Waals surface area contributed by atoms with Crippen LogP contribution in [0.15, 0.2) is 60.0 Å². The van der Waals surface area contributed by atoms with Gasteiger partial charge in [0.05, 0.1) is 13.2 Å². The first kappa shape index (κ1) is 29.4. The van der Waals surface area contributed by atoms with E-state index in [4.69, 9.17) is 4.74 Å². The van der Waals surface area contributed by atoms with Gasteiger partial charge in [0.1, 0.15) is 6.54 Å². The summed E-state index contributed by atoms with van der Waals surface area (Å²) in [5.41, 5.74) is 5.23. The number of nitrogens with zero attached hydrogens (tertiary/aromatic N) is 2. The van der Waals surface area contributed by atoms with Crippen molar-refractivity contribution in [2.45, 2.75) is 59.5 Å². The number of carbonyl (C=O) groups is 2. The van der Waals surface area contributed by atoms with Crippen molar-refractivity contribution in [1.29, 1.82) is 0 Å². The quantitative estimate of drug-likeness (QED) is 0.271. The van der Waals surface area contributed by atoms with E-state index in [1.54, 1.807) is 23.3 Å². The zero-order chi connectivity index (χ0) is 27.7. The summed E-state index contributed by atoms with van der Waals surface area (Å²) >= 11 is 1.65. The smallest absolute Gasteiger partial charge is 0.322 e. The number of benzene rings is 2. The number of anilines is 1. The first-order chi connectivity index (χ1) is 18.2. The fourth-order valence-electron chi connectivity index (χ4n) is 4.37. The van der Waals surface area contributed by atoms with Gasteiger partial charge in [-0.2, -0.15) is 0 Å². The van der Waals surface area contributed by atoms with Gasteiger partial charge in [-0.25, -0.2) is 4.79 Å². The Morgan fingerprint density at radius 2 is 1.55 bits per heavy atom. The number of methoxy groups -OCH3 is 1. The summed E-state index contributed by atoms with van der Waals surface area (Å²) in [4.78, 5) is 31.9. The van der Waals surface area contributed by atoms with Crippen LogP contribution in [0.3, 0.4) is 0 Å². The van der Waals surface area contributed by atoms with E-state index < -0.39 is 0 Å². The molecule has 3 amide bonds. The van der Waals surface area contributed by atoms with Crippen LogP contribution in [-0.4, -0.2) is 48.5 Å². The van der Waals surface area contributed by atoms with Crippen LogP contribution in [0.25, 0.3) is 0 Å². The Labute approximate surface area is 231 Å². The number of amides is 3. The molecule has 204 valence electrons. The van der Waals surface area contributed by atoms with Gasteiger partial charge < -0.3 is 19.9 Å². The van der Waals surface area contributed by atoms with Crippen molar-refractivity contribution in [2.24, 2.45) is 0 Å². The summed E-state index contributed by atoms with van der Waals surface area (Å²) in [5, 5.41) is 5.21. The second kappa shape index (κ2) is 14.1. The Balaban J connectivity index is 1.86. The Morgan fingerprint density at radius 1 is 0.895 bits per heavy atom. The highest BCUT2D eigenvalue weighted by Crippen LogP contribution is 2.32. The van der Waals surface area contributed by atoms with Crippen LogP contribution in [0.1, 0.15) is 66.7 Å². The largest absolute Gasteiger partial charge is 0.383 e. The molecule has 0 aliphatic rings. The van der Waals surface area contributed by atoms with E-state index in [1.807, 2.05) is 46.7 Å². The van der Waals surface area contributed by atoms with Crippen molar-refractivity contribution in [3.63, 3.8) is 0 Å². The molecule has 3 aromatic rings. The molecule has 1 aromatic heterocycles. The number of urea groups is 1. The number of ether oxygens (including phenoxy) is 1. The summed E-state index contributed by atoms with van der Waals surface area (Å²) < 4.78 is 5.29. The fourth-order valence-corrected chi connectivity index (χ4v) is 5.29. The van der Waals surface area contributed by atoms with Crippen molar-refractivity contribution < 1.29 is 14.3 Å². The average molecular weight is 536 g/mol. The SMILES string of the molecule is COCCN(CC(=O)N(Cc1ccccc1)Cc1sccc1C)C(=O)Nc1c(C(C)C)cccc1C(C)C. The van der Waals surface area contributed by atoms with Crippen molar-refractivity contribution in [1.82, 2.24) is 9.80 Å². The molecule has 0 fully saturated rings. The number of para-hydroxylation sites is 1. The standard InChI is InChI=1S/C31H41N3O3S/c1-22(2)26-13-10-14-27(23(3)4)30(26)32-31(36)33(16-17-37-6)21-29(35)34(19-25-11-8-7-9-12-25)20-28-24(5)15-18-38-28/h7-15,18,22-23H,16-17,19-21H2,1-6H3,(H,32,36). The van der Waals surface area contributed by atoms with E-state index in [-0.39, 0.29) is 30.3 Å². The Morgan fingerprint density at radius 3 is 2.11 bits per heavy atom. The Bertz CT molecular complexity index is 1160. The van der Waals surface area contributed by atoms with Crippen molar-refractivity contribution in [3.05, 3.63) is 87.1 Å². The number of thiophene rings is 1. The van der Waals surface area contributed by atoms with Gasteiger partial charge in [0, 0.05) is 30.8 Å². The lowest BCUT2D eigenvalue weighted by atomic mass is 9.93. The third kappa shape index (κ3) is 7.92. The van der Waals surface area contributed by atoms with Crippen molar-refractivity contribution in [3.8, 4) is 0 Å². The van der Waals surface area contributed by atoms with Gasteiger partial charge in [0.2, 0.25) is 5.91 Å². The molecule has 0 bridgehead atoms. The van der Waals surface area contributed by atoms with Crippen LogP contribution in [0.5, 0.6) is 0 Å². The maximum atomic E-state index is 13.7. The van der Waals surface area contributed by atoms with Gasteiger partial charge >= 0.3 is 6.03 Å². The van der Waals surface area contributed by atoms with Gasteiger partial charge in [0.15, 0.2) is 0 Å². The molecular weight excluding hydrogens is 494 g/mol. The maximum Gasteiger partial charge on any atom is 0.322 e. The monoisotopic (exact) mass is 535 g/mol. The molecule has 7 heteroatoms. The molecule has 0 saturated carbocycles. The summed E-state index contributed by atoms with van der Waals surface area (Å²) in [6, 6.07) is 17.9. The Hall–Kier alpha value is -3.16. The highest BCUT2D eigenvalue weighted by Gasteiger charge is 2.24. The topological polar surface area (TPSA) is 61.9 Å². The third-order valence-electron chi connectivity index (χ3n) is 6.66. The van der Waals surface area contributed by atoms with Crippen LogP contribution >= 0.6 is 11.3 Å². The van der Waals surface area contributed by atoms with Crippen LogP contribution in [0.4, 0.5) is 10.5 Å². The molecule has 0 atom stereocenters. The normalized spacial score (nSPS) is 11.2.